The number of nitro benzene ring substituents is 1. The molecular formula is C12H14ClN3O2. The molecule has 2 aliphatic heterocycles. The van der Waals surface area contributed by atoms with Crippen LogP contribution in [-0.4, -0.2) is 17.0 Å². The molecule has 1 fully saturated rings. The number of benzene rings is 1. The van der Waals surface area contributed by atoms with Crippen molar-refractivity contribution >= 4 is 11.4 Å². The lowest BCUT2D eigenvalue weighted by Gasteiger charge is -2.39. The van der Waals surface area contributed by atoms with E-state index in [1.54, 1.807) is 12.1 Å². The molecule has 3 aliphatic rings. The Bertz CT molecular complexity index is 475. The number of quaternary nitrogens is 1. The topological polar surface area (TPSA) is 63.0 Å². The lowest BCUT2D eigenvalue weighted by molar-refractivity contribution is -0.704. The normalized spacial score (nSPS) is 24.8. The van der Waals surface area contributed by atoms with Crippen molar-refractivity contribution in [3.8, 4) is 0 Å². The number of rotatable bonds is 2. The zero-order valence-electron chi connectivity index (χ0n) is 9.70. The second kappa shape index (κ2) is 4.96. The average Bonchev–Trinajstić information content (AvgIpc) is 2.40. The summed E-state index contributed by atoms with van der Waals surface area (Å²) in [5.74, 6) is 0. The highest BCUT2D eigenvalue weighted by atomic mass is 35.5. The van der Waals surface area contributed by atoms with Crippen molar-refractivity contribution in [1.82, 2.24) is 0 Å². The zero-order valence-corrected chi connectivity index (χ0v) is 10.5. The van der Waals surface area contributed by atoms with Gasteiger partial charge in [-0.2, -0.15) is 0 Å². The van der Waals surface area contributed by atoms with Crippen LogP contribution in [0.3, 0.4) is 0 Å². The summed E-state index contributed by atoms with van der Waals surface area (Å²) in [5.41, 5.74) is 3.40. The maximum absolute atomic E-state index is 10.6. The van der Waals surface area contributed by atoms with E-state index in [1.165, 1.54) is 6.42 Å². The van der Waals surface area contributed by atoms with Crippen molar-refractivity contribution in [3.05, 3.63) is 46.5 Å². The molecule has 1 aromatic carbocycles. The van der Waals surface area contributed by atoms with Gasteiger partial charge in [-0.05, 0) is 24.6 Å². The van der Waals surface area contributed by atoms with Gasteiger partial charge in [0.25, 0.3) is 5.69 Å². The molecule has 0 radical (unpaired) electrons. The SMILES string of the molecule is O=[N+]([O-])c1ccc(N2[NH2+]C3C=CC2CC3)cc1.[Cl-]. The molecule has 0 spiro atoms. The maximum atomic E-state index is 10.6. The molecule has 1 saturated heterocycles. The van der Waals surface area contributed by atoms with Crippen molar-refractivity contribution in [2.75, 3.05) is 5.01 Å². The number of hydrogen-bond acceptors (Lipinski definition) is 3. The van der Waals surface area contributed by atoms with Gasteiger partial charge < -0.3 is 12.4 Å². The molecule has 4 rings (SSSR count). The van der Waals surface area contributed by atoms with E-state index in [-0.39, 0.29) is 23.0 Å². The number of halogens is 1. The van der Waals surface area contributed by atoms with Crippen LogP contribution in [0.2, 0.25) is 0 Å². The van der Waals surface area contributed by atoms with E-state index in [0.29, 0.717) is 12.1 Å². The van der Waals surface area contributed by atoms with Crippen LogP contribution in [0.15, 0.2) is 36.4 Å². The first kappa shape index (κ1) is 12.9. The van der Waals surface area contributed by atoms with Crippen molar-refractivity contribution in [2.45, 2.75) is 24.9 Å². The molecule has 0 amide bonds. The van der Waals surface area contributed by atoms with Crippen LogP contribution in [0.4, 0.5) is 11.4 Å². The Morgan fingerprint density at radius 1 is 1.22 bits per heavy atom. The highest BCUT2D eigenvalue weighted by Crippen LogP contribution is 2.24. The van der Waals surface area contributed by atoms with Crippen LogP contribution in [0.1, 0.15) is 12.8 Å². The van der Waals surface area contributed by atoms with Gasteiger partial charge in [0.15, 0.2) is 0 Å². The fourth-order valence-electron chi connectivity index (χ4n) is 2.52. The van der Waals surface area contributed by atoms with Crippen LogP contribution >= 0.6 is 0 Å². The average molecular weight is 268 g/mol. The van der Waals surface area contributed by atoms with Crippen molar-refractivity contribution in [1.29, 1.82) is 0 Å². The van der Waals surface area contributed by atoms with Crippen molar-refractivity contribution in [3.63, 3.8) is 0 Å². The first-order chi connectivity index (χ1) is 8.24. The molecule has 2 heterocycles. The number of nitrogens with two attached hydrogens (primary N) is 1. The smallest absolute Gasteiger partial charge is 0.269 e. The van der Waals surface area contributed by atoms with Gasteiger partial charge in [0.2, 0.25) is 0 Å². The molecule has 2 atom stereocenters. The minimum atomic E-state index is -0.365. The predicted octanol–water partition coefficient (Wildman–Crippen LogP) is -2.02. The fourth-order valence-corrected chi connectivity index (χ4v) is 2.52. The molecule has 1 aliphatic carbocycles. The van der Waals surface area contributed by atoms with Crippen LogP contribution in [0.25, 0.3) is 0 Å². The van der Waals surface area contributed by atoms with E-state index < -0.39 is 0 Å². The Kier molecular flexibility index (Phi) is 3.54. The largest absolute Gasteiger partial charge is 1.00 e. The lowest BCUT2D eigenvalue weighted by Crippen LogP contribution is -3.03. The van der Waals surface area contributed by atoms with Crippen LogP contribution < -0.4 is 22.8 Å². The number of nitrogens with zero attached hydrogens (tertiary/aromatic N) is 2. The van der Waals surface area contributed by atoms with Gasteiger partial charge in [-0.25, -0.2) is 10.4 Å². The third-order valence-electron chi connectivity index (χ3n) is 3.44. The van der Waals surface area contributed by atoms with E-state index in [9.17, 15) is 10.1 Å². The third kappa shape index (κ3) is 2.19. The summed E-state index contributed by atoms with van der Waals surface area (Å²) in [6, 6.07) is 7.72. The standard InChI is InChI=1S/C12H13N3O2.ClH/c16-15(17)12-7-5-11(6-8-12)14-10-3-1-9(13-14)2-4-10;/h1,3,5-10,13H,2,4H2;1H. The van der Waals surface area contributed by atoms with Gasteiger partial charge in [0.1, 0.15) is 6.04 Å². The third-order valence-corrected chi connectivity index (χ3v) is 3.44. The zero-order chi connectivity index (χ0) is 11.8. The predicted molar refractivity (Wildman–Crippen MR) is 63.5 cm³/mol. The molecule has 18 heavy (non-hydrogen) atoms. The Morgan fingerprint density at radius 3 is 2.39 bits per heavy atom. The first-order valence-corrected chi connectivity index (χ1v) is 5.80. The van der Waals surface area contributed by atoms with Crippen molar-refractivity contribution in [2.24, 2.45) is 0 Å². The Balaban J connectivity index is 0.00000120. The highest BCUT2D eigenvalue weighted by molar-refractivity contribution is 5.50. The Hall–Kier alpha value is -1.59. The molecule has 96 valence electrons. The van der Waals surface area contributed by atoms with Crippen molar-refractivity contribution < 1.29 is 22.8 Å². The molecule has 1 aromatic rings. The van der Waals surface area contributed by atoms with E-state index in [2.05, 4.69) is 22.6 Å². The number of non-ortho nitro benzene ring substituents is 1. The summed E-state index contributed by atoms with van der Waals surface area (Å²) < 4.78 is 0. The van der Waals surface area contributed by atoms with E-state index in [0.717, 1.165) is 12.1 Å². The summed E-state index contributed by atoms with van der Waals surface area (Å²) in [4.78, 5) is 10.2. The highest BCUT2D eigenvalue weighted by Gasteiger charge is 2.33. The summed E-state index contributed by atoms with van der Waals surface area (Å²) in [6.45, 7) is 0. The number of anilines is 1. The quantitative estimate of drug-likeness (QED) is 0.291. The second-order valence-corrected chi connectivity index (χ2v) is 4.52. The second-order valence-electron chi connectivity index (χ2n) is 4.52. The Morgan fingerprint density at radius 2 is 1.94 bits per heavy atom. The number of fused-ring (bicyclic) bond motifs is 2. The van der Waals surface area contributed by atoms with Gasteiger partial charge in [-0.1, -0.05) is 6.08 Å². The van der Waals surface area contributed by atoms with E-state index >= 15 is 0 Å². The molecule has 2 unspecified atom stereocenters. The van der Waals surface area contributed by atoms with Gasteiger partial charge >= 0.3 is 0 Å². The molecule has 0 saturated carbocycles. The van der Waals surface area contributed by atoms with Gasteiger partial charge in [-0.3, -0.25) is 10.1 Å². The Labute approximate surface area is 111 Å². The monoisotopic (exact) mass is 267 g/mol. The number of hydrogen-bond donors (Lipinski definition) is 1. The van der Waals surface area contributed by atoms with Gasteiger partial charge in [0.05, 0.1) is 16.7 Å². The molecule has 2 N–H and O–H groups in total. The number of nitro groups is 1. The van der Waals surface area contributed by atoms with Gasteiger partial charge in [0, 0.05) is 18.6 Å². The van der Waals surface area contributed by atoms with E-state index in [4.69, 9.17) is 0 Å². The van der Waals surface area contributed by atoms with Crippen LogP contribution in [-0.2, 0) is 0 Å². The van der Waals surface area contributed by atoms with Gasteiger partial charge in [-0.15, -0.1) is 0 Å². The lowest BCUT2D eigenvalue weighted by atomic mass is 9.95. The minimum absolute atomic E-state index is 0. The molecule has 0 aromatic heterocycles. The van der Waals surface area contributed by atoms with E-state index in [1.807, 2.05) is 12.1 Å². The molecular weight excluding hydrogens is 254 g/mol. The molecule has 5 nitrogen and oxygen atoms in total. The van der Waals surface area contributed by atoms with Crippen LogP contribution in [0, 0.1) is 10.1 Å². The van der Waals surface area contributed by atoms with Crippen LogP contribution in [0.5, 0.6) is 0 Å². The molecule has 2 bridgehead atoms. The summed E-state index contributed by atoms with van der Waals surface area (Å²) in [6.07, 6.45) is 6.85. The first-order valence-electron chi connectivity index (χ1n) is 5.80. The maximum Gasteiger partial charge on any atom is 0.269 e. The molecule has 6 heteroatoms. The summed E-state index contributed by atoms with van der Waals surface area (Å²) >= 11 is 0. The fraction of sp³-hybridized carbons (Fsp3) is 0.333. The minimum Gasteiger partial charge on any atom is -1.00 e. The summed E-state index contributed by atoms with van der Waals surface area (Å²) in [7, 11) is 0. The summed E-state index contributed by atoms with van der Waals surface area (Å²) in [5, 5.41) is 12.8.